The average Bonchev–Trinajstić information content (AvgIpc) is 2.97. The molecule has 3 aromatic rings. The molecule has 2 heterocycles. The Hall–Kier alpha value is -2.01. The van der Waals surface area contributed by atoms with Gasteiger partial charge in [-0.05, 0) is 52.7 Å². The SMILES string of the molecule is C[C@H](c1ccc(F)cc1)n1cc(-c2cccc(Br)n2)cn1. The van der Waals surface area contributed by atoms with Crippen molar-refractivity contribution in [2.24, 2.45) is 0 Å². The number of benzene rings is 1. The molecule has 21 heavy (non-hydrogen) atoms. The Balaban J connectivity index is 1.89. The van der Waals surface area contributed by atoms with Gasteiger partial charge in [-0.3, -0.25) is 4.68 Å². The van der Waals surface area contributed by atoms with Gasteiger partial charge >= 0.3 is 0 Å². The number of aromatic nitrogens is 3. The van der Waals surface area contributed by atoms with E-state index in [-0.39, 0.29) is 11.9 Å². The summed E-state index contributed by atoms with van der Waals surface area (Å²) in [4.78, 5) is 4.41. The van der Waals surface area contributed by atoms with Crippen molar-refractivity contribution in [3.05, 3.63) is 70.8 Å². The van der Waals surface area contributed by atoms with E-state index in [0.29, 0.717) is 0 Å². The molecule has 2 aromatic heterocycles. The van der Waals surface area contributed by atoms with E-state index in [1.807, 2.05) is 36.0 Å². The number of hydrogen-bond donors (Lipinski definition) is 0. The minimum atomic E-state index is -0.231. The maximum absolute atomic E-state index is 13.0. The third kappa shape index (κ3) is 3.03. The van der Waals surface area contributed by atoms with Crippen LogP contribution in [0.1, 0.15) is 18.5 Å². The quantitative estimate of drug-likeness (QED) is 0.656. The zero-order chi connectivity index (χ0) is 14.8. The average molecular weight is 346 g/mol. The van der Waals surface area contributed by atoms with Crippen LogP contribution in [0.5, 0.6) is 0 Å². The number of hydrogen-bond acceptors (Lipinski definition) is 2. The minimum absolute atomic E-state index is 0.0338. The largest absolute Gasteiger partial charge is 0.265 e. The molecule has 0 bridgehead atoms. The second kappa shape index (κ2) is 5.77. The summed E-state index contributed by atoms with van der Waals surface area (Å²) in [5.74, 6) is -0.231. The Morgan fingerprint density at radius 2 is 1.90 bits per heavy atom. The molecule has 3 nitrogen and oxygen atoms in total. The van der Waals surface area contributed by atoms with Crippen molar-refractivity contribution in [2.75, 3.05) is 0 Å². The van der Waals surface area contributed by atoms with Crippen LogP contribution in [0.4, 0.5) is 4.39 Å². The van der Waals surface area contributed by atoms with Crippen LogP contribution in [0.25, 0.3) is 11.3 Å². The van der Waals surface area contributed by atoms with Gasteiger partial charge in [0, 0.05) is 11.8 Å². The van der Waals surface area contributed by atoms with Crippen molar-refractivity contribution in [3.63, 3.8) is 0 Å². The highest BCUT2D eigenvalue weighted by atomic mass is 79.9. The van der Waals surface area contributed by atoms with Crippen molar-refractivity contribution in [2.45, 2.75) is 13.0 Å². The maximum Gasteiger partial charge on any atom is 0.123 e. The summed E-state index contributed by atoms with van der Waals surface area (Å²) < 4.78 is 15.6. The predicted molar refractivity (Wildman–Crippen MR) is 83.4 cm³/mol. The van der Waals surface area contributed by atoms with Crippen LogP contribution >= 0.6 is 15.9 Å². The third-order valence-electron chi connectivity index (χ3n) is 3.36. The topological polar surface area (TPSA) is 30.7 Å². The van der Waals surface area contributed by atoms with Crippen LogP contribution in [0.15, 0.2) is 59.5 Å². The van der Waals surface area contributed by atoms with Gasteiger partial charge in [-0.15, -0.1) is 0 Å². The third-order valence-corrected chi connectivity index (χ3v) is 3.80. The summed E-state index contributed by atoms with van der Waals surface area (Å²) in [6.07, 6.45) is 3.73. The lowest BCUT2D eigenvalue weighted by Gasteiger charge is -2.12. The lowest BCUT2D eigenvalue weighted by atomic mass is 10.1. The van der Waals surface area contributed by atoms with E-state index in [1.165, 1.54) is 12.1 Å². The zero-order valence-electron chi connectivity index (χ0n) is 11.4. The van der Waals surface area contributed by atoms with Gasteiger partial charge in [0.2, 0.25) is 0 Å². The van der Waals surface area contributed by atoms with E-state index < -0.39 is 0 Å². The Morgan fingerprint density at radius 3 is 2.62 bits per heavy atom. The Morgan fingerprint density at radius 1 is 1.14 bits per heavy atom. The molecule has 0 aliphatic carbocycles. The summed E-state index contributed by atoms with van der Waals surface area (Å²) in [7, 11) is 0. The van der Waals surface area contributed by atoms with Crippen LogP contribution in [-0.4, -0.2) is 14.8 Å². The van der Waals surface area contributed by atoms with Gasteiger partial charge in [0.15, 0.2) is 0 Å². The Labute approximate surface area is 130 Å². The molecule has 0 aliphatic rings. The molecule has 0 saturated heterocycles. The zero-order valence-corrected chi connectivity index (χ0v) is 13.0. The van der Waals surface area contributed by atoms with E-state index in [2.05, 4.69) is 26.0 Å². The van der Waals surface area contributed by atoms with E-state index >= 15 is 0 Å². The first-order chi connectivity index (χ1) is 10.1. The molecule has 106 valence electrons. The molecule has 3 rings (SSSR count). The summed E-state index contributed by atoms with van der Waals surface area (Å²) in [5, 5.41) is 4.39. The lowest BCUT2D eigenvalue weighted by molar-refractivity contribution is 0.561. The van der Waals surface area contributed by atoms with E-state index in [1.54, 1.807) is 18.3 Å². The summed E-state index contributed by atoms with van der Waals surface area (Å²) in [5.41, 5.74) is 2.82. The highest BCUT2D eigenvalue weighted by molar-refractivity contribution is 9.10. The molecule has 0 amide bonds. The second-order valence-corrected chi connectivity index (χ2v) is 5.59. The van der Waals surface area contributed by atoms with E-state index in [4.69, 9.17) is 0 Å². The van der Waals surface area contributed by atoms with Crippen LogP contribution in [0.3, 0.4) is 0 Å². The van der Waals surface area contributed by atoms with Gasteiger partial charge in [-0.2, -0.15) is 5.10 Å². The standard InChI is InChI=1S/C16H13BrFN3/c1-11(12-5-7-14(18)8-6-12)21-10-13(9-19-21)15-3-2-4-16(17)20-15/h2-11H,1H3/t11-/m1/s1. The monoisotopic (exact) mass is 345 g/mol. The highest BCUT2D eigenvalue weighted by Crippen LogP contribution is 2.22. The van der Waals surface area contributed by atoms with Gasteiger partial charge in [0.05, 0.1) is 17.9 Å². The van der Waals surface area contributed by atoms with Crippen LogP contribution in [0.2, 0.25) is 0 Å². The fraction of sp³-hybridized carbons (Fsp3) is 0.125. The fourth-order valence-corrected chi connectivity index (χ4v) is 2.49. The van der Waals surface area contributed by atoms with E-state index in [9.17, 15) is 4.39 Å². The first kappa shape index (κ1) is 13.9. The summed E-state index contributed by atoms with van der Waals surface area (Å²) in [6.45, 7) is 2.03. The Kier molecular flexibility index (Phi) is 3.84. The first-order valence-corrected chi connectivity index (χ1v) is 7.35. The van der Waals surface area contributed by atoms with Gasteiger partial charge in [-0.25, -0.2) is 9.37 Å². The molecule has 0 fully saturated rings. The van der Waals surface area contributed by atoms with Crippen molar-refractivity contribution < 1.29 is 4.39 Å². The molecule has 5 heteroatoms. The first-order valence-electron chi connectivity index (χ1n) is 6.56. The van der Waals surface area contributed by atoms with Gasteiger partial charge in [0.25, 0.3) is 0 Å². The fourth-order valence-electron chi connectivity index (χ4n) is 2.15. The van der Waals surface area contributed by atoms with E-state index in [0.717, 1.165) is 21.4 Å². The van der Waals surface area contributed by atoms with Crippen LogP contribution in [0, 0.1) is 5.82 Å². The minimum Gasteiger partial charge on any atom is -0.265 e. The molecule has 0 unspecified atom stereocenters. The molecule has 0 radical (unpaired) electrons. The maximum atomic E-state index is 13.0. The molecule has 0 aliphatic heterocycles. The van der Waals surface area contributed by atoms with Crippen molar-refractivity contribution >= 4 is 15.9 Å². The molecule has 0 spiro atoms. The van der Waals surface area contributed by atoms with Gasteiger partial charge in [0.1, 0.15) is 10.4 Å². The molecule has 1 aromatic carbocycles. The van der Waals surface area contributed by atoms with Crippen LogP contribution in [-0.2, 0) is 0 Å². The number of pyridine rings is 1. The number of nitrogens with zero attached hydrogens (tertiary/aromatic N) is 3. The predicted octanol–water partition coefficient (Wildman–Crippen LogP) is 4.46. The smallest absolute Gasteiger partial charge is 0.123 e. The van der Waals surface area contributed by atoms with Gasteiger partial charge in [-0.1, -0.05) is 18.2 Å². The van der Waals surface area contributed by atoms with Crippen molar-refractivity contribution in [3.8, 4) is 11.3 Å². The molecule has 0 saturated carbocycles. The normalized spacial score (nSPS) is 12.3. The van der Waals surface area contributed by atoms with Crippen molar-refractivity contribution in [1.82, 2.24) is 14.8 Å². The van der Waals surface area contributed by atoms with Gasteiger partial charge < -0.3 is 0 Å². The molecule has 1 atom stereocenters. The van der Waals surface area contributed by atoms with Crippen molar-refractivity contribution in [1.29, 1.82) is 0 Å². The number of halogens is 2. The number of rotatable bonds is 3. The Bertz CT molecular complexity index is 752. The summed E-state index contributed by atoms with van der Waals surface area (Å²) >= 11 is 3.36. The second-order valence-electron chi connectivity index (χ2n) is 4.78. The highest BCUT2D eigenvalue weighted by Gasteiger charge is 2.11. The molecular formula is C16H13BrFN3. The molecular weight excluding hydrogens is 333 g/mol. The lowest BCUT2D eigenvalue weighted by Crippen LogP contribution is -2.06. The summed E-state index contributed by atoms with van der Waals surface area (Å²) in [6, 6.07) is 12.3. The molecule has 0 N–H and O–H groups in total. The van der Waals surface area contributed by atoms with Crippen LogP contribution < -0.4 is 0 Å².